The van der Waals surface area contributed by atoms with Crippen LogP contribution in [-0.4, -0.2) is 4.92 Å². The van der Waals surface area contributed by atoms with Crippen LogP contribution >= 0.6 is 15.9 Å². The third-order valence-electron chi connectivity index (χ3n) is 2.73. The van der Waals surface area contributed by atoms with E-state index >= 15 is 0 Å². The van der Waals surface area contributed by atoms with Crippen molar-refractivity contribution in [3.05, 3.63) is 73.7 Å². The van der Waals surface area contributed by atoms with Gasteiger partial charge in [-0.05, 0) is 29.7 Å². The highest BCUT2D eigenvalue weighted by Gasteiger charge is 2.09. The standard InChI is InChI=1S/C14H9BrN2O2/c15-14-8-13(17(18)19)6-5-12(14)7-10-1-3-11(9-16)4-2-10/h1-6,8H,7H2. The van der Waals surface area contributed by atoms with E-state index in [1.807, 2.05) is 12.1 Å². The number of non-ortho nitro benzene ring substituents is 1. The van der Waals surface area contributed by atoms with Crippen LogP contribution in [0.15, 0.2) is 46.9 Å². The van der Waals surface area contributed by atoms with Gasteiger partial charge in [0.1, 0.15) is 0 Å². The fraction of sp³-hybridized carbons (Fsp3) is 0.0714. The minimum Gasteiger partial charge on any atom is -0.258 e. The van der Waals surface area contributed by atoms with Gasteiger partial charge < -0.3 is 0 Å². The van der Waals surface area contributed by atoms with E-state index in [1.54, 1.807) is 18.2 Å². The molecule has 0 radical (unpaired) electrons. The average Bonchev–Trinajstić information content (AvgIpc) is 2.41. The lowest BCUT2D eigenvalue weighted by atomic mass is 10.0. The van der Waals surface area contributed by atoms with Crippen molar-refractivity contribution in [2.75, 3.05) is 0 Å². The molecule has 0 fully saturated rings. The first-order valence-corrected chi connectivity index (χ1v) is 6.31. The fourth-order valence-electron chi connectivity index (χ4n) is 1.71. The van der Waals surface area contributed by atoms with Gasteiger partial charge in [0, 0.05) is 16.6 Å². The number of benzene rings is 2. The Balaban J connectivity index is 2.23. The Morgan fingerprint density at radius 2 is 1.89 bits per heavy atom. The monoisotopic (exact) mass is 316 g/mol. The summed E-state index contributed by atoms with van der Waals surface area (Å²) in [6.07, 6.45) is 0.657. The lowest BCUT2D eigenvalue weighted by Gasteiger charge is -2.05. The molecule has 2 aromatic rings. The zero-order valence-electron chi connectivity index (χ0n) is 9.84. The van der Waals surface area contributed by atoms with E-state index < -0.39 is 4.92 Å². The summed E-state index contributed by atoms with van der Waals surface area (Å²) in [5.74, 6) is 0. The van der Waals surface area contributed by atoms with Gasteiger partial charge >= 0.3 is 0 Å². The third kappa shape index (κ3) is 3.18. The summed E-state index contributed by atoms with van der Waals surface area (Å²) < 4.78 is 0.714. The van der Waals surface area contributed by atoms with Crippen LogP contribution in [-0.2, 0) is 6.42 Å². The fourth-order valence-corrected chi connectivity index (χ4v) is 2.22. The second-order valence-electron chi connectivity index (χ2n) is 4.02. The molecule has 0 atom stereocenters. The van der Waals surface area contributed by atoms with Crippen molar-refractivity contribution in [1.29, 1.82) is 5.26 Å². The van der Waals surface area contributed by atoms with Crippen LogP contribution in [0.25, 0.3) is 0 Å². The maximum atomic E-state index is 10.6. The van der Waals surface area contributed by atoms with E-state index in [1.165, 1.54) is 12.1 Å². The summed E-state index contributed by atoms with van der Waals surface area (Å²) in [6.45, 7) is 0. The molecule has 2 aromatic carbocycles. The Hall–Kier alpha value is -2.19. The van der Waals surface area contributed by atoms with E-state index in [2.05, 4.69) is 22.0 Å². The smallest absolute Gasteiger partial charge is 0.258 e. The van der Waals surface area contributed by atoms with Crippen LogP contribution in [0.3, 0.4) is 0 Å². The quantitative estimate of drug-likeness (QED) is 0.638. The maximum Gasteiger partial charge on any atom is 0.270 e. The largest absolute Gasteiger partial charge is 0.270 e. The van der Waals surface area contributed by atoms with Crippen LogP contribution in [0.5, 0.6) is 0 Å². The van der Waals surface area contributed by atoms with Crippen molar-refractivity contribution < 1.29 is 4.92 Å². The highest BCUT2D eigenvalue weighted by atomic mass is 79.9. The van der Waals surface area contributed by atoms with Crippen molar-refractivity contribution >= 4 is 21.6 Å². The minimum absolute atomic E-state index is 0.0652. The molecule has 0 aliphatic rings. The molecule has 0 bridgehead atoms. The zero-order valence-corrected chi connectivity index (χ0v) is 11.4. The van der Waals surface area contributed by atoms with Crippen LogP contribution in [0, 0.1) is 21.4 Å². The highest BCUT2D eigenvalue weighted by Crippen LogP contribution is 2.25. The molecule has 0 aliphatic carbocycles. The SMILES string of the molecule is N#Cc1ccc(Cc2ccc([N+](=O)[O-])cc2Br)cc1. The summed E-state index contributed by atoms with van der Waals surface area (Å²) in [7, 11) is 0. The van der Waals surface area contributed by atoms with E-state index in [-0.39, 0.29) is 5.69 Å². The van der Waals surface area contributed by atoms with E-state index in [4.69, 9.17) is 5.26 Å². The molecule has 4 nitrogen and oxygen atoms in total. The first kappa shape index (κ1) is 13.2. The normalized spacial score (nSPS) is 9.89. The molecular formula is C14H9BrN2O2. The lowest BCUT2D eigenvalue weighted by Crippen LogP contribution is -1.93. The van der Waals surface area contributed by atoms with Crippen LogP contribution < -0.4 is 0 Å². The molecule has 0 N–H and O–H groups in total. The van der Waals surface area contributed by atoms with E-state index in [0.717, 1.165) is 11.1 Å². The van der Waals surface area contributed by atoms with Crippen molar-refractivity contribution in [2.24, 2.45) is 0 Å². The van der Waals surface area contributed by atoms with Gasteiger partial charge in [0.25, 0.3) is 5.69 Å². The Kier molecular flexibility index (Phi) is 3.93. The number of nitro groups is 1. The first-order valence-electron chi connectivity index (χ1n) is 5.52. The summed E-state index contributed by atoms with van der Waals surface area (Å²) >= 11 is 3.34. The topological polar surface area (TPSA) is 66.9 Å². The molecule has 0 aromatic heterocycles. The van der Waals surface area contributed by atoms with Crippen LogP contribution in [0.1, 0.15) is 16.7 Å². The Morgan fingerprint density at radius 3 is 2.42 bits per heavy atom. The molecule has 2 rings (SSSR count). The van der Waals surface area contributed by atoms with Crippen molar-refractivity contribution in [3.8, 4) is 6.07 Å². The summed E-state index contributed by atoms with van der Waals surface area (Å²) in [5, 5.41) is 19.4. The lowest BCUT2D eigenvalue weighted by molar-refractivity contribution is -0.384. The highest BCUT2D eigenvalue weighted by molar-refractivity contribution is 9.10. The zero-order chi connectivity index (χ0) is 13.8. The number of halogens is 1. The van der Waals surface area contributed by atoms with Crippen molar-refractivity contribution in [1.82, 2.24) is 0 Å². The van der Waals surface area contributed by atoms with Gasteiger partial charge in [0.15, 0.2) is 0 Å². The van der Waals surface area contributed by atoms with Gasteiger partial charge in [-0.25, -0.2) is 0 Å². The van der Waals surface area contributed by atoms with E-state index in [0.29, 0.717) is 16.5 Å². The Morgan fingerprint density at radius 1 is 1.21 bits per heavy atom. The molecule has 0 unspecified atom stereocenters. The molecule has 94 valence electrons. The summed E-state index contributed by atoms with van der Waals surface area (Å²) in [5.41, 5.74) is 2.70. The minimum atomic E-state index is -0.420. The third-order valence-corrected chi connectivity index (χ3v) is 3.46. The number of rotatable bonds is 3. The van der Waals surface area contributed by atoms with Gasteiger partial charge in [-0.2, -0.15) is 5.26 Å². The second-order valence-corrected chi connectivity index (χ2v) is 4.87. The summed E-state index contributed by atoms with van der Waals surface area (Å²) in [6, 6.07) is 14.1. The molecular weight excluding hydrogens is 308 g/mol. The molecule has 0 saturated carbocycles. The number of nitro benzene ring substituents is 1. The van der Waals surface area contributed by atoms with Gasteiger partial charge in [0.05, 0.1) is 16.6 Å². The van der Waals surface area contributed by atoms with Gasteiger partial charge in [0.2, 0.25) is 0 Å². The molecule has 5 heteroatoms. The molecule has 0 spiro atoms. The van der Waals surface area contributed by atoms with Gasteiger partial charge in [-0.15, -0.1) is 0 Å². The number of hydrogen-bond acceptors (Lipinski definition) is 3. The molecule has 19 heavy (non-hydrogen) atoms. The van der Waals surface area contributed by atoms with Crippen LogP contribution in [0.4, 0.5) is 5.69 Å². The predicted octanol–water partition coefficient (Wildman–Crippen LogP) is 3.82. The Labute approximate surface area is 118 Å². The maximum absolute atomic E-state index is 10.6. The molecule has 0 heterocycles. The average molecular weight is 317 g/mol. The van der Waals surface area contributed by atoms with Gasteiger partial charge in [-0.1, -0.05) is 34.1 Å². The molecule has 0 aliphatic heterocycles. The number of hydrogen-bond donors (Lipinski definition) is 0. The van der Waals surface area contributed by atoms with Crippen molar-refractivity contribution in [3.63, 3.8) is 0 Å². The number of nitriles is 1. The summed E-state index contributed by atoms with van der Waals surface area (Å²) in [4.78, 5) is 10.2. The second kappa shape index (κ2) is 5.63. The van der Waals surface area contributed by atoms with Gasteiger partial charge in [-0.3, -0.25) is 10.1 Å². The number of nitrogens with zero attached hydrogens (tertiary/aromatic N) is 2. The van der Waals surface area contributed by atoms with Crippen molar-refractivity contribution in [2.45, 2.75) is 6.42 Å². The Bertz CT molecular complexity index is 660. The molecule has 0 amide bonds. The van der Waals surface area contributed by atoms with Crippen LogP contribution in [0.2, 0.25) is 0 Å². The van der Waals surface area contributed by atoms with E-state index in [9.17, 15) is 10.1 Å². The molecule has 0 saturated heterocycles. The first-order chi connectivity index (χ1) is 9.10. The predicted molar refractivity (Wildman–Crippen MR) is 74.8 cm³/mol.